The summed E-state index contributed by atoms with van der Waals surface area (Å²) in [6.07, 6.45) is 3.23. The summed E-state index contributed by atoms with van der Waals surface area (Å²) in [4.78, 5) is 38.4. The topological polar surface area (TPSA) is 117 Å². The third kappa shape index (κ3) is 2.81. The molecule has 1 saturated carbocycles. The smallest absolute Gasteiger partial charge is 0.308 e. The molecule has 1 aromatic heterocycles. The van der Waals surface area contributed by atoms with Gasteiger partial charge in [0.2, 0.25) is 23.5 Å². The maximum Gasteiger partial charge on any atom is 0.325 e. The molecule has 2 N–H and O–H groups in total. The molecule has 134 valence electrons. The lowest BCUT2D eigenvalue weighted by atomic mass is 9.81. The van der Waals surface area contributed by atoms with Gasteiger partial charge in [-0.15, -0.1) is 0 Å². The third-order valence-electron chi connectivity index (χ3n) is 4.79. The van der Waals surface area contributed by atoms with Gasteiger partial charge in [0.05, 0.1) is 11.8 Å². The maximum absolute atomic E-state index is 12.6. The highest BCUT2D eigenvalue weighted by molar-refractivity contribution is 6.23. The number of benzene rings is 1. The number of para-hydroxylation sites is 1. The highest BCUT2D eigenvalue weighted by atomic mass is 16.6. The van der Waals surface area contributed by atoms with Gasteiger partial charge in [0.25, 0.3) is 0 Å². The number of hydrogen-bond donors (Lipinski definition) is 2. The third-order valence-corrected chi connectivity index (χ3v) is 4.79. The van der Waals surface area contributed by atoms with Crippen LogP contribution in [0, 0.1) is 11.8 Å². The first-order chi connectivity index (χ1) is 12.6. The second kappa shape index (κ2) is 6.58. The van der Waals surface area contributed by atoms with Gasteiger partial charge in [0.1, 0.15) is 0 Å². The summed E-state index contributed by atoms with van der Waals surface area (Å²) < 4.78 is 4.67. The Morgan fingerprint density at radius 2 is 1.65 bits per heavy atom. The van der Waals surface area contributed by atoms with Crippen molar-refractivity contribution in [2.75, 3.05) is 15.5 Å². The summed E-state index contributed by atoms with van der Waals surface area (Å²) in [6, 6.07) is 8.25. The number of urea groups is 1. The molecular formula is C17H17N5O4. The minimum absolute atomic E-state index is 0.0706. The summed E-state index contributed by atoms with van der Waals surface area (Å²) >= 11 is 0. The van der Waals surface area contributed by atoms with Crippen LogP contribution in [0.4, 0.5) is 22.1 Å². The predicted molar refractivity (Wildman–Crippen MR) is 91.3 cm³/mol. The monoisotopic (exact) mass is 355 g/mol. The van der Waals surface area contributed by atoms with E-state index in [4.69, 9.17) is 0 Å². The van der Waals surface area contributed by atoms with Crippen molar-refractivity contribution in [3.8, 4) is 0 Å². The van der Waals surface area contributed by atoms with E-state index in [1.807, 2.05) is 6.07 Å². The molecular weight excluding hydrogens is 338 g/mol. The van der Waals surface area contributed by atoms with Crippen LogP contribution in [0.25, 0.3) is 0 Å². The van der Waals surface area contributed by atoms with E-state index in [0.29, 0.717) is 18.5 Å². The Kier molecular flexibility index (Phi) is 4.11. The number of fused-ring (bicyclic) bond motifs is 1. The van der Waals surface area contributed by atoms with E-state index >= 15 is 0 Å². The molecule has 1 aromatic carbocycles. The molecule has 0 unspecified atom stereocenters. The van der Waals surface area contributed by atoms with Gasteiger partial charge < -0.3 is 5.32 Å². The number of aromatic nitrogens is 2. The van der Waals surface area contributed by atoms with Gasteiger partial charge in [0.15, 0.2) is 0 Å². The van der Waals surface area contributed by atoms with Crippen LogP contribution in [0.15, 0.2) is 35.0 Å². The van der Waals surface area contributed by atoms with Crippen molar-refractivity contribution in [3.63, 3.8) is 0 Å². The number of carbonyl (C=O) groups excluding carboxylic acids is 3. The first-order valence-corrected chi connectivity index (χ1v) is 8.48. The molecule has 26 heavy (non-hydrogen) atoms. The molecule has 4 amide bonds. The van der Waals surface area contributed by atoms with Gasteiger partial charge in [-0.1, -0.05) is 31.0 Å². The summed E-state index contributed by atoms with van der Waals surface area (Å²) in [6.45, 7) is 0. The summed E-state index contributed by atoms with van der Waals surface area (Å²) in [7, 11) is 0. The molecule has 9 heteroatoms. The zero-order chi connectivity index (χ0) is 18.1. The molecule has 2 heterocycles. The Morgan fingerprint density at radius 3 is 2.31 bits per heavy atom. The van der Waals surface area contributed by atoms with Crippen LogP contribution in [-0.2, 0) is 9.59 Å². The largest absolute Gasteiger partial charge is 0.325 e. The highest BCUT2D eigenvalue weighted by Crippen LogP contribution is 2.40. The average Bonchev–Trinajstić information content (AvgIpc) is 3.19. The Bertz CT molecular complexity index is 826. The van der Waals surface area contributed by atoms with Crippen LogP contribution in [0.1, 0.15) is 25.7 Å². The molecule has 0 spiro atoms. The molecule has 4 rings (SSSR count). The number of rotatable bonds is 3. The van der Waals surface area contributed by atoms with Gasteiger partial charge in [0, 0.05) is 5.69 Å². The van der Waals surface area contributed by atoms with Gasteiger partial charge in [-0.25, -0.2) is 14.3 Å². The van der Waals surface area contributed by atoms with Crippen molar-refractivity contribution in [3.05, 3.63) is 30.3 Å². The molecule has 2 aliphatic rings. The molecule has 0 bridgehead atoms. The van der Waals surface area contributed by atoms with Crippen LogP contribution in [0.2, 0.25) is 0 Å². The average molecular weight is 355 g/mol. The van der Waals surface area contributed by atoms with E-state index in [-0.39, 0.29) is 35.3 Å². The molecule has 0 radical (unpaired) electrons. The van der Waals surface area contributed by atoms with E-state index < -0.39 is 6.03 Å². The quantitative estimate of drug-likeness (QED) is 0.816. The van der Waals surface area contributed by atoms with Gasteiger partial charge in [-0.3, -0.25) is 14.9 Å². The number of nitrogens with one attached hydrogen (secondary N) is 2. The maximum atomic E-state index is 12.6. The Labute approximate surface area is 148 Å². The standard InChI is InChI=1S/C17H17N5O4/c23-15-11-8-4-5-9-12(11)16(24)22(15)14-13(20-26-21-14)19-17(25)18-10-6-2-1-3-7-10/h1-3,6-7,11-12H,4-5,8-9H2,(H2,18,19,20,25)/t11-,12-/m1/s1. The van der Waals surface area contributed by atoms with E-state index in [0.717, 1.165) is 17.7 Å². The summed E-state index contributed by atoms with van der Waals surface area (Å²) in [5.74, 6) is -1.39. The molecule has 2 atom stereocenters. The van der Waals surface area contributed by atoms with Crippen LogP contribution >= 0.6 is 0 Å². The zero-order valence-corrected chi connectivity index (χ0v) is 13.8. The van der Waals surface area contributed by atoms with E-state index in [9.17, 15) is 14.4 Å². The van der Waals surface area contributed by atoms with E-state index in [1.54, 1.807) is 24.3 Å². The fraction of sp³-hybridized carbons (Fsp3) is 0.353. The van der Waals surface area contributed by atoms with Crippen LogP contribution in [0.5, 0.6) is 0 Å². The molecule has 1 aliphatic heterocycles. The van der Waals surface area contributed by atoms with Crippen molar-refractivity contribution in [2.45, 2.75) is 25.7 Å². The Hall–Kier alpha value is -3.23. The van der Waals surface area contributed by atoms with E-state index in [1.165, 1.54) is 0 Å². The SMILES string of the molecule is O=C(Nc1ccccc1)Nc1nonc1N1C(=O)[C@@H]2CCCC[C@H]2C1=O. The van der Waals surface area contributed by atoms with Crippen LogP contribution in [-0.4, -0.2) is 28.2 Å². The molecule has 2 fully saturated rings. The first kappa shape index (κ1) is 16.2. The lowest BCUT2D eigenvalue weighted by Gasteiger charge is -2.19. The van der Waals surface area contributed by atoms with Gasteiger partial charge >= 0.3 is 6.03 Å². The number of anilines is 3. The van der Waals surface area contributed by atoms with Crippen molar-refractivity contribution in [1.29, 1.82) is 0 Å². The minimum Gasteiger partial charge on any atom is -0.308 e. The van der Waals surface area contributed by atoms with Gasteiger partial charge in [-0.05, 0) is 35.3 Å². The minimum atomic E-state index is -0.579. The zero-order valence-electron chi connectivity index (χ0n) is 13.8. The van der Waals surface area contributed by atoms with Crippen molar-refractivity contribution < 1.29 is 19.0 Å². The lowest BCUT2D eigenvalue weighted by molar-refractivity contribution is -0.122. The molecule has 9 nitrogen and oxygen atoms in total. The normalized spacial score (nSPS) is 22.2. The predicted octanol–water partition coefficient (Wildman–Crippen LogP) is 2.39. The van der Waals surface area contributed by atoms with Crippen molar-refractivity contribution in [1.82, 2.24) is 10.3 Å². The van der Waals surface area contributed by atoms with E-state index in [2.05, 4.69) is 25.6 Å². The molecule has 1 saturated heterocycles. The number of amides is 4. The first-order valence-electron chi connectivity index (χ1n) is 8.48. The lowest BCUT2D eigenvalue weighted by Crippen LogP contribution is -2.32. The second-order valence-electron chi connectivity index (χ2n) is 6.39. The summed E-state index contributed by atoms with van der Waals surface area (Å²) in [5.41, 5.74) is 0.586. The molecule has 1 aliphatic carbocycles. The fourth-order valence-corrected chi connectivity index (χ4v) is 3.57. The van der Waals surface area contributed by atoms with Crippen LogP contribution in [0.3, 0.4) is 0 Å². The highest BCUT2D eigenvalue weighted by Gasteiger charge is 2.50. The second-order valence-corrected chi connectivity index (χ2v) is 6.39. The Balaban J connectivity index is 1.52. The fourth-order valence-electron chi connectivity index (χ4n) is 3.57. The van der Waals surface area contributed by atoms with Crippen molar-refractivity contribution >= 4 is 35.2 Å². The van der Waals surface area contributed by atoms with Gasteiger partial charge in [-0.2, -0.15) is 0 Å². The molecule has 2 aromatic rings. The number of imide groups is 1. The van der Waals surface area contributed by atoms with Crippen LogP contribution < -0.4 is 15.5 Å². The number of nitrogens with zero attached hydrogens (tertiary/aromatic N) is 3. The summed E-state index contributed by atoms with van der Waals surface area (Å²) in [5, 5.41) is 12.4. The Morgan fingerprint density at radius 1 is 1.00 bits per heavy atom. The number of carbonyl (C=O) groups is 3. The number of hydrogen-bond acceptors (Lipinski definition) is 6. The van der Waals surface area contributed by atoms with Crippen molar-refractivity contribution in [2.24, 2.45) is 11.8 Å².